The number of esters is 4. The van der Waals surface area contributed by atoms with Crippen molar-refractivity contribution in [3.8, 4) is 0 Å². The fraction of sp³-hybridized carbons (Fsp3) is 0.600. The Balaban J connectivity index is 3.81. The highest BCUT2D eigenvalue weighted by atomic mass is 16.6. The van der Waals surface area contributed by atoms with Gasteiger partial charge in [0.25, 0.3) is 0 Å². The molecule has 0 aromatic carbocycles. The average molecular weight is 398 g/mol. The highest BCUT2D eigenvalue weighted by Crippen LogP contribution is 1.96. The lowest BCUT2D eigenvalue weighted by Gasteiger charge is -2.03. The van der Waals surface area contributed by atoms with Crippen LogP contribution in [0, 0.1) is 0 Å². The number of hydrogen-bond acceptors (Lipinski definition) is 8. The third kappa shape index (κ3) is 16.8. The van der Waals surface area contributed by atoms with Crippen molar-refractivity contribution in [2.24, 2.45) is 0 Å². The van der Waals surface area contributed by atoms with Crippen molar-refractivity contribution in [2.75, 3.05) is 26.4 Å². The van der Waals surface area contributed by atoms with Crippen LogP contribution in [0.15, 0.2) is 24.3 Å². The SMILES string of the molecule is CCCCCOC(=O)C=CC(=O)OCCOC(=O)C=CC(=O)OCCCCC. The quantitative estimate of drug-likeness (QED) is 0.179. The molecule has 0 N–H and O–H groups in total. The third-order valence-electron chi connectivity index (χ3n) is 3.27. The van der Waals surface area contributed by atoms with E-state index in [1.54, 1.807) is 0 Å². The molecule has 0 fully saturated rings. The molecular weight excluding hydrogens is 368 g/mol. The topological polar surface area (TPSA) is 105 Å². The molecule has 158 valence electrons. The maximum Gasteiger partial charge on any atom is 0.331 e. The van der Waals surface area contributed by atoms with Gasteiger partial charge in [-0.3, -0.25) is 0 Å². The van der Waals surface area contributed by atoms with Crippen LogP contribution < -0.4 is 0 Å². The van der Waals surface area contributed by atoms with Crippen molar-refractivity contribution < 1.29 is 38.1 Å². The van der Waals surface area contributed by atoms with E-state index in [4.69, 9.17) is 18.9 Å². The lowest BCUT2D eigenvalue weighted by atomic mass is 10.3. The van der Waals surface area contributed by atoms with Crippen LogP contribution in [0.3, 0.4) is 0 Å². The van der Waals surface area contributed by atoms with Crippen molar-refractivity contribution in [1.29, 1.82) is 0 Å². The molecule has 0 atom stereocenters. The Morgan fingerprint density at radius 1 is 0.500 bits per heavy atom. The van der Waals surface area contributed by atoms with E-state index >= 15 is 0 Å². The lowest BCUT2D eigenvalue weighted by Crippen LogP contribution is -2.12. The van der Waals surface area contributed by atoms with Gasteiger partial charge in [-0.2, -0.15) is 0 Å². The highest BCUT2D eigenvalue weighted by Gasteiger charge is 2.04. The molecule has 0 aliphatic heterocycles. The molecule has 0 heterocycles. The Morgan fingerprint density at radius 3 is 1.07 bits per heavy atom. The summed E-state index contributed by atoms with van der Waals surface area (Å²) in [6, 6.07) is 0. The summed E-state index contributed by atoms with van der Waals surface area (Å²) in [4.78, 5) is 45.4. The van der Waals surface area contributed by atoms with Crippen LogP contribution in [0.2, 0.25) is 0 Å². The minimum absolute atomic E-state index is 0.185. The summed E-state index contributed by atoms with van der Waals surface area (Å²) in [5.41, 5.74) is 0. The molecule has 0 aromatic rings. The zero-order valence-corrected chi connectivity index (χ0v) is 16.6. The van der Waals surface area contributed by atoms with Crippen LogP contribution in [0.5, 0.6) is 0 Å². The van der Waals surface area contributed by atoms with Gasteiger partial charge >= 0.3 is 23.9 Å². The predicted molar refractivity (Wildman–Crippen MR) is 101 cm³/mol. The normalized spacial score (nSPS) is 10.8. The van der Waals surface area contributed by atoms with Crippen molar-refractivity contribution in [2.45, 2.75) is 52.4 Å². The average Bonchev–Trinajstić information content (AvgIpc) is 2.68. The van der Waals surface area contributed by atoms with Crippen LogP contribution in [0.25, 0.3) is 0 Å². The number of carbonyl (C=O) groups is 4. The Bertz CT molecular complexity index is 488. The molecule has 0 radical (unpaired) electrons. The van der Waals surface area contributed by atoms with E-state index in [1.165, 1.54) is 0 Å². The molecule has 0 amide bonds. The van der Waals surface area contributed by atoms with Crippen LogP contribution in [0.4, 0.5) is 0 Å². The summed E-state index contributed by atoms with van der Waals surface area (Å²) in [6.07, 6.45) is 9.36. The van der Waals surface area contributed by atoms with Gasteiger partial charge in [0.05, 0.1) is 13.2 Å². The van der Waals surface area contributed by atoms with Gasteiger partial charge in [-0.1, -0.05) is 39.5 Å². The molecule has 8 heteroatoms. The summed E-state index contributed by atoms with van der Waals surface area (Å²) in [6.45, 7) is 4.32. The fourth-order valence-corrected chi connectivity index (χ4v) is 1.80. The lowest BCUT2D eigenvalue weighted by molar-refractivity contribution is -0.146. The molecule has 0 rings (SSSR count). The molecule has 0 spiro atoms. The number of ether oxygens (including phenoxy) is 4. The summed E-state index contributed by atoms with van der Waals surface area (Å²) in [5.74, 6) is -2.75. The van der Waals surface area contributed by atoms with Gasteiger partial charge in [-0.05, 0) is 12.8 Å². The van der Waals surface area contributed by atoms with Gasteiger partial charge < -0.3 is 18.9 Å². The van der Waals surface area contributed by atoms with Gasteiger partial charge in [0, 0.05) is 24.3 Å². The summed E-state index contributed by atoms with van der Waals surface area (Å²) in [7, 11) is 0. The number of hydrogen-bond donors (Lipinski definition) is 0. The molecule has 0 saturated heterocycles. The monoisotopic (exact) mass is 398 g/mol. The number of unbranched alkanes of at least 4 members (excludes halogenated alkanes) is 4. The maximum absolute atomic E-state index is 11.4. The molecule has 0 aliphatic carbocycles. The van der Waals surface area contributed by atoms with Crippen LogP contribution in [-0.4, -0.2) is 50.3 Å². The van der Waals surface area contributed by atoms with E-state index in [0.717, 1.165) is 62.8 Å². The van der Waals surface area contributed by atoms with Gasteiger partial charge in [-0.15, -0.1) is 0 Å². The molecule has 28 heavy (non-hydrogen) atoms. The van der Waals surface area contributed by atoms with Crippen LogP contribution in [-0.2, 0) is 38.1 Å². The van der Waals surface area contributed by atoms with E-state index in [1.807, 2.05) is 13.8 Å². The molecule has 8 nitrogen and oxygen atoms in total. The van der Waals surface area contributed by atoms with E-state index in [9.17, 15) is 19.2 Å². The van der Waals surface area contributed by atoms with E-state index < -0.39 is 23.9 Å². The van der Waals surface area contributed by atoms with Crippen LogP contribution in [0.1, 0.15) is 52.4 Å². The second-order valence-corrected chi connectivity index (χ2v) is 5.75. The molecule has 0 aliphatic rings. The standard InChI is InChI=1S/C20H30O8/c1-3-5-7-13-25-17(21)9-11-19(23)27-15-16-28-20(24)12-10-18(22)26-14-8-6-4-2/h9-12H,3-8,13-16H2,1-2H3. The van der Waals surface area contributed by atoms with Gasteiger partial charge in [0.1, 0.15) is 13.2 Å². The van der Waals surface area contributed by atoms with Crippen molar-refractivity contribution in [3.05, 3.63) is 24.3 Å². The van der Waals surface area contributed by atoms with E-state index in [-0.39, 0.29) is 13.2 Å². The minimum Gasteiger partial charge on any atom is -0.463 e. The van der Waals surface area contributed by atoms with Gasteiger partial charge in [0.15, 0.2) is 0 Å². The van der Waals surface area contributed by atoms with Crippen molar-refractivity contribution >= 4 is 23.9 Å². The second kappa shape index (κ2) is 17.8. The van der Waals surface area contributed by atoms with Crippen molar-refractivity contribution in [3.63, 3.8) is 0 Å². The summed E-state index contributed by atoms with van der Waals surface area (Å²) < 4.78 is 19.3. The smallest absolute Gasteiger partial charge is 0.331 e. The molecule has 0 bridgehead atoms. The first-order valence-corrected chi connectivity index (χ1v) is 9.52. The van der Waals surface area contributed by atoms with Crippen LogP contribution >= 0.6 is 0 Å². The number of carbonyl (C=O) groups excluding carboxylic acids is 4. The molecular formula is C20H30O8. The Kier molecular flexibility index (Phi) is 16.1. The second-order valence-electron chi connectivity index (χ2n) is 5.75. The summed E-state index contributed by atoms with van der Waals surface area (Å²) in [5, 5.41) is 0. The predicted octanol–water partition coefficient (Wildman–Crippen LogP) is 2.65. The molecule has 0 saturated carbocycles. The molecule has 0 aromatic heterocycles. The van der Waals surface area contributed by atoms with Gasteiger partial charge in [0.2, 0.25) is 0 Å². The molecule has 0 unspecified atom stereocenters. The van der Waals surface area contributed by atoms with Gasteiger partial charge in [-0.25, -0.2) is 19.2 Å². The first kappa shape index (κ1) is 25.4. The maximum atomic E-state index is 11.4. The first-order valence-electron chi connectivity index (χ1n) is 9.52. The first-order chi connectivity index (χ1) is 13.5. The largest absolute Gasteiger partial charge is 0.463 e. The summed E-state index contributed by atoms with van der Waals surface area (Å²) >= 11 is 0. The van der Waals surface area contributed by atoms with E-state index in [2.05, 4.69) is 0 Å². The fourth-order valence-electron chi connectivity index (χ4n) is 1.80. The van der Waals surface area contributed by atoms with E-state index in [0.29, 0.717) is 13.2 Å². The number of rotatable bonds is 15. The Morgan fingerprint density at radius 2 is 0.786 bits per heavy atom. The Hall–Kier alpha value is -2.64. The Labute approximate surface area is 165 Å². The highest BCUT2D eigenvalue weighted by molar-refractivity contribution is 5.92. The van der Waals surface area contributed by atoms with Crippen molar-refractivity contribution in [1.82, 2.24) is 0 Å². The zero-order valence-electron chi connectivity index (χ0n) is 16.6. The zero-order chi connectivity index (χ0) is 21.0. The minimum atomic E-state index is -0.757. The third-order valence-corrected chi connectivity index (χ3v) is 3.27.